The molecule has 0 heterocycles. The van der Waals surface area contributed by atoms with E-state index in [0.29, 0.717) is 13.2 Å². The van der Waals surface area contributed by atoms with Gasteiger partial charge >= 0.3 is 11.9 Å². The Balaban J connectivity index is 1.78. The van der Waals surface area contributed by atoms with E-state index in [1.807, 2.05) is 60.7 Å². The minimum Gasteiger partial charge on any atom is -0.465 e. The molecule has 1 aliphatic rings. The summed E-state index contributed by atoms with van der Waals surface area (Å²) in [5.41, 5.74) is 1.97. The van der Waals surface area contributed by atoms with Crippen molar-refractivity contribution in [3.63, 3.8) is 0 Å². The molecule has 3 rings (SSSR count). The van der Waals surface area contributed by atoms with E-state index in [1.54, 1.807) is 0 Å². The summed E-state index contributed by atoms with van der Waals surface area (Å²) in [5.74, 6) is -1.83. The lowest BCUT2D eigenvalue weighted by molar-refractivity contribution is -0.906. The molecule has 2 aromatic rings. The fourth-order valence-electron chi connectivity index (χ4n) is 6.02. The smallest absolute Gasteiger partial charge is 0.310 e. The van der Waals surface area contributed by atoms with Crippen molar-refractivity contribution in [1.82, 2.24) is 0 Å². The third-order valence-corrected chi connectivity index (χ3v) is 9.69. The van der Waals surface area contributed by atoms with Gasteiger partial charge in [0.05, 0.1) is 78.4 Å². The molecule has 6 heteroatoms. The van der Waals surface area contributed by atoms with Crippen LogP contribution in [0, 0.1) is 11.8 Å². The van der Waals surface area contributed by atoms with Crippen LogP contribution in [-0.2, 0) is 19.1 Å². The van der Waals surface area contributed by atoms with Gasteiger partial charge in [0.15, 0.2) is 0 Å². The number of nitrogens with zero attached hydrogens (tertiary/aromatic N) is 2. The Morgan fingerprint density at radius 2 is 0.925 bits per heavy atom. The van der Waals surface area contributed by atoms with Gasteiger partial charge in [-0.2, -0.15) is 0 Å². The van der Waals surface area contributed by atoms with Gasteiger partial charge in [0.2, 0.25) is 0 Å². The third-order valence-electron chi connectivity index (χ3n) is 9.69. The van der Waals surface area contributed by atoms with Crippen molar-refractivity contribution in [3.8, 4) is 0 Å². The van der Waals surface area contributed by atoms with Gasteiger partial charge in [0.1, 0.15) is 0 Å². The number of carbonyl (C=O) groups excluding carboxylic acids is 2. The third kappa shape index (κ3) is 7.73. The van der Waals surface area contributed by atoms with Crippen molar-refractivity contribution in [1.29, 1.82) is 0 Å². The van der Waals surface area contributed by atoms with Crippen LogP contribution in [0.15, 0.2) is 60.7 Å². The fourth-order valence-corrected chi connectivity index (χ4v) is 6.02. The van der Waals surface area contributed by atoms with E-state index in [0.717, 1.165) is 72.2 Å². The van der Waals surface area contributed by atoms with Crippen LogP contribution in [0.3, 0.4) is 0 Å². The van der Waals surface area contributed by atoms with E-state index in [1.165, 1.54) is 0 Å². The molecule has 0 aromatic heterocycles. The highest BCUT2D eigenvalue weighted by molar-refractivity contribution is 5.85. The lowest BCUT2D eigenvalue weighted by atomic mass is 9.52. The number of ether oxygens (including phenoxy) is 2. The molecule has 0 saturated heterocycles. The summed E-state index contributed by atoms with van der Waals surface area (Å²) in [5, 5.41) is 0. The first-order chi connectivity index (χ1) is 19.2. The molecule has 1 saturated carbocycles. The summed E-state index contributed by atoms with van der Waals surface area (Å²) in [7, 11) is 4.48. The Bertz CT molecular complexity index is 957. The largest absolute Gasteiger partial charge is 0.465 e. The molecular weight excluding hydrogens is 500 g/mol. The summed E-state index contributed by atoms with van der Waals surface area (Å²) in [4.78, 5) is 27.4. The zero-order valence-corrected chi connectivity index (χ0v) is 25.7. The Labute approximate surface area is 242 Å². The van der Waals surface area contributed by atoms with Gasteiger partial charge in [0.25, 0.3) is 0 Å². The summed E-state index contributed by atoms with van der Waals surface area (Å²) in [6.45, 7) is 15.7. The molecule has 0 aliphatic heterocycles. The van der Waals surface area contributed by atoms with Crippen molar-refractivity contribution in [2.24, 2.45) is 11.8 Å². The Morgan fingerprint density at radius 1 is 0.600 bits per heavy atom. The van der Waals surface area contributed by atoms with E-state index in [2.05, 4.69) is 41.8 Å². The van der Waals surface area contributed by atoms with Crippen molar-refractivity contribution in [2.75, 3.05) is 66.6 Å². The van der Waals surface area contributed by atoms with Gasteiger partial charge in [0, 0.05) is 24.7 Å². The highest BCUT2D eigenvalue weighted by Gasteiger charge is 2.59. The first-order valence-corrected chi connectivity index (χ1v) is 15.3. The van der Waals surface area contributed by atoms with Crippen LogP contribution >= 0.6 is 0 Å². The second-order valence-corrected chi connectivity index (χ2v) is 11.9. The average Bonchev–Trinajstić information content (AvgIpc) is 2.98. The van der Waals surface area contributed by atoms with Crippen LogP contribution < -0.4 is 0 Å². The zero-order chi connectivity index (χ0) is 29.2. The maximum absolute atomic E-state index is 13.7. The molecule has 40 heavy (non-hydrogen) atoms. The Hall–Kier alpha value is -2.70. The molecule has 1 aliphatic carbocycles. The molecular formula is C34H52N2O4+2. The van der Waals surface area contributed by atoms with Crippen molar-refractivity contribution in [3.05, 3.63) is 71.8 Å². The van der Waals surface area contributed by atoms with Gasteiger partial charge in [-0.3, -0.25) is 9.59 Å². The number of benzene rings is 2. The average molecular weight is 553 g/mol. The first kappa shape index (κ1) is 31.8. The second-order valence-electron chi connectivity index (χ2n) is 11.9. The molecule has 2 aromatic carbocycles. The highest BCUT2D eigenvalue weighted by atomic mass is 16.5. The minimum atomic E-state index is -0.430. The molecule has 1 fully saturated rings. The van der Waals surface area contributed by atoms with Crippen molar-refractivity contribution in [2.45, 2.75) is 52.4 Å². The Morgan fingerprint density at radius 3 is 1.23 bits per heavy atom. The zero-order valence-electron chi connectivity index (χ0n) is 25.7. The molecule has 0 bridgehead atoms. The predicted molar refractivity (Wildman–Crippen MR) is 161 cm³/mol. The van der Waals surface area contributed by atoms with Gasteiger partial charge in [-0.15, -0.1) is 0 Å². The molecule has 0 atom stereocenters. The first-order valence-electron chi connectivity index (χ1n) is 15.3. The van der Waals surface area contributed by atoms with Crippen LogP contribution in [0.25, 0.3) is 0 Å². The molecule has 0 N–H and O–H groups in total. The number of carbonyl (C=O) groups is 2. The quantitative estimate of drug-likeness (QED) is 0.154. The van der Waals surface area contributed by atoms with Gasteiger partial charge in [-0.05, 0) is 38.8 Å². The SMILES string of the molecule is CC[N+](C)(CC)CCCOC(=O)[C@H]1[C@H](c2ccccc2)[C@H](C(=O)OCCC[N+](C)(CC)CC)[C@H]1c1ccccc1. The lowest BCUT2D eigenvalue weighted by Gasteiger charge is -2.49. The van der Waals surface area contributed by atoms with Crippen LogP contribution in [0.2, 0.25) is 0 Å². The number of quaternary nitrogens is 2. The van der Waals surface area contributed by atoms with E-state index in [-0.39, 0.29) is 23.8 Å². The summed E-state index contributed by atoms with van der Waals surface area (Å²) in [6.07, 6.45) is 1.64. The topological polar surface area (TPSA) is 52.6 Å². The summed E-state index contributed by atoms with van der Waals surface area (Å²) in [6, 6.07) is 19.9. The number of esters is 2. The monoisotopic (exact) mass is 552 g/mol. The fraction of sp³-hybridized carbons (Fsp3) is 0.588. The number of rotatable bonds is 16. The summed E-state index contributed by atoms with van der Waals surface area (Å²) >= 11 is 0. The lowest BCUT2D eigenvalue weighted by Crippen LogP contribution is -2.52. The summed E-state index contributed by atoms with van der Waals surface area (Å²) < 4.78 is 13.8. The number of hydrogen-bond acceptors (Lipinski definition) is 4. The molecule has 0 unspecified atom stereocenters. The molecule has 220 valence electrons. The predicted octanol–water partition coefficient (Wildman–Crippen LogP) is 5.64. The maximum Gasteiger partial charge on any atom is 0.310 e. The van der Waals surface area contributed by atoms with Crippen molar-refractivity contribution >= 4 is 11.9 Å². The van der Waals surface area contributed by atoms with Crippen LogP contribution in [-0.4, -0.2) is 87.5 Å². The standard InChI is InChI=1S/C34H52N2O4/c1-7-35(5,8-2)23-17-25-39-33(37)31-29(27-19-13-11-14-20-27)32(30(31)28-21-15-12-16-22-28)34(38)40-26-18-24-36(6,9-3)10-4/h11-16,19-22,29-32H,7-10,17-18,23-26H2,1-6H3/q+2/t29-,30-,31-,32-. The molecule has 0 spiro atoms. The van der Waals surface area contributed by atoms with E-state index < -0.39 is 11.8 Å². The van der Waals surface area contributed by atoms with Gasteiger partial charge in [-0.25, -0.2) is 0 Å². The highest BCUT2D eigenvalue weighted by Crippen LogP contribution is 2.58. The van der Waals surface area contributed by atoms with E-state index >= 15 is 0 Å². The van der Waals surface area contributed by atoms with Crippen LogP contribution in [0.4, 0.5) is 0 Å². The van der Waals surface area contributed by atoms with Crippen LogP contribution in [0.1, 0.15) is 63.5 Å². The second kappa shape index (κ2) is 14.8. The minimum absolute atomic E-state index is 0.215. The Kier molecular flexibility index (Phi) is 11.8. The molecule has 0 amide bonds. The van der Waals surface area contributed by atoms with E-state index in [9.17, 15) is 9.59 Å². The maximum atomic E-state index is 13.7. The van der Waals surface area contributed by atoms with Gasteiger partial charge < -0.3 is 18.4 Å². The molecule has 6 nitrogen and oxygen atoms in total. The number of hydrogen-bond donors (Lipinski definition) is 0. The normalized spacial score (nSPS) is 20.9. The van der Waals surface area contributed by atoms with Crippen LogP contribution in [0.5, 0.6) is 0 Å². The molecule has 0 radical (unpaired) electrons. The van der Waals surface area contributed by atoms with Gasteiger partial charge in [-0.1, -0.05) is 60.7 Å². The van der Waals surface area contributed by atoms with E-state index in [4.69, 9.17) is 9.47 Å². The van der Waals surface area contributed by atoms with Crippen molar-refractivity contribution < 1.29 is 28.0 Å².